The van der Waals surface area contributed by atoms with E-state index in [-0.39, 0.29) is 6.42 Å². The van der Waals surface area contributed by atoms with Gasteiger partial charge in [0.2, 0.25) is 0 Å². The van der Waals surface area contributed by atoms with Crippen LogP contribution in [0.3, 0.4) is 0 Å². The van der Waals surface area contributed by atoms with Gasteiger partial charge in [0.15, 0.2) is 5.54 Å². The lowest BCUT2D eigenvalue weighted by Gasteiger charge is -2.21. The van der Waals surface area contributed by atoms with Crippen molar-refractivity contribution in [3.63, 3.8) is 0 Å². The first-order chi connectivity index (χ1) is 6.67. The number of carbonyl (C=O) groups is 2. The summed E-state index contributed by atoms with van der Waals surface area (Å²) in [7, 11) is 0. The van der Waals surface area contributed by atoms with E-state index in [1.165, 1.54) is 0 Å². The molecule has 1 rings (SSSR count). The Labute approximate surface area is 86.6 Å². The largest absolute Gasteiger partial charge is 0.479 e. The minimum Gasteiger partial charge on any atom is -0.479 e. The number of carbonyl (C=O) groups excluding carboxylic acids is 1. The molecule has 0 aromatic carbocycles. The molecule has 0 heterocycles. The summed E-state index contributed by atoms with van der Waals surface area (Å²) in [6.45, 7) is 4.92. The van der Waals surface area contributed by atoms with E-state index in [0.717, 1.165) is 0 Å². The molecule has 0 aromatic heterocycles. The van der Waals surface area contributed by atoms with Gasteiger partial charge in [0.25, 0.3) is 0 Å². The summed E-state index contributed by atoms with van der Waals surface area (Å²) in [5.74, 6) is -1.37. The SMILES string of the molecule is CC(C)(C)OC(=O)N[C@]1(C(=O)O)C[C@H]1F. The number of rotatable bonds is 2. The molecule has 1 fully saturated rings. The molecular weight excluding hydrogens is 205 g/mol. The summed E-state index contributed by atoms with van der Waals surface area (Å²) < 4.78 is 17.7. The van der Waals surface area contributed by atoms with Gasteiger partial charge in [0.05, 0.1) is 0 Å². The molecule has 0 aliphatic heterocycles. The van der Waals surface area contributed by atoms with Gasteiger partial charge in [0.1, 0.15) is 11.8 Å². The highest BCUT2D eigenvalue weighted by Gasteiger charge is 2.63. The maximum Gasteiger partial charge on any atom is 0.408 e. The Hall–Kier alpha value is -1.33. The van der Waals surface area contributed by atoms with Gasteiger partial charge in [-0.2, -0.15) is 0 Å². The Morgan fingerprint density at radius 2 is 2.00 bits per heavy atom. The first-order valence-corrected chi connectivity index (χ1v) is 4.56. The number of halogens is 1. The molecule has 0 saturated heterocycles. The molecule has 1 saturated carbocycles. The molecule has 0 bridgehead atoms. The van der Waals surface area contributed by atoms with Gasteiger partial charge in [-0.15, -0.1) is 0 Å². The van der Waals surface area contributed by atoms with Crippen LogP contribution in [0.15, 0.2) is 0 Å². The van der Waals surface area contributed by atoms with Gasteiger partial charge >= 0.3 is 12.1 Å². The Bertz CT molecular complexity index is 299. The van der Waals surface area contributed by atoms with E-state index in [1.54, 1.807) is 20.8 Å². The molecule has 5 nitrogen and oxygen atoms in total. The minimum atomic E-state index is -1.78. The first-order valence-electron chi connectivity index (χ1n) is 4.56. The van der Waals surface area contributed by atoms with E-state index in [0.29, 0.717) is 0 Å². The number of alkyl halides is 1. The van der Waals surface area contributed by atoms with Crippen LogP contribution in [0.4, 0.5) is 9.18 Å². The second kappa shape index (κ2) is 3.36. The molecule has 2 atom stereocenters. The number of ether oxygens (including phenoxy) is 1. The normalized spacial score (nSPS) is 29.5. The minimum absolute atomic E-state index is 0.207. The number of aliphatic carboxylic acids is 1. The van der Waals surface area contributed by atoms with Crippen LogP contribution in [-0.4, -0.2) is 34.5 Å². The fourth-order valence-corrected chi connectivity index (χ4v) is 1.11. The van der Waals surface area contributed by atoms with E-state index < -0.39 is 29.4 Å². The first kappa shape index (κ1) is 11.7. The topological polar surface area (TPSA) is 75.6 Å². The van der Waals surface area contributed by atoms with Crippen molar-refractivity contribution in [2.45, 2.75) is 44.5 Å². The van der Waals surface area contributed by atoms with Crippen molar-refractivity contribution < 1.29 is 23.8 Å². The Balaban J connectivity index is 2.56. The fourth-order valence-electron chi connectivity index (χ4n) is 1.11. The molecule has 1 amide bonds. The molecule has 2 N–H and O–H groups in total. The van der Waals surface area contributed by atoms with Gasteiger partial charge in [0, 0.05) is 6.42 Å². The van der Waals surface area contributed by atoms with Crippen LogP contribution in [0.5, 0.6) is 0 Å². The van der Waals surface area contributed by atoms with E-state index in [9.17, 15) is 14.0 Å². The molecule has 15 heavy (non-hydrogen) atoms. The van der Waals surface area contributed by atoms with Crippen LogP contribution >= 0.6 is 0 Å². The van der Waals surface area contributed by atoms with Crippen molar-refractivity contribution in [3.8, 4) is 0 Å². The van der Waals surface area contributed by atoms with Gasteiger partial charge in [-0.25, -0.2) is 14.0 Å². The lowest BCUT2D eigenvalue weighted by Crippen LogP contribution is -2.47. The number of nitrogens with one attached hydrogen (secondary N) is 1. The third-order valence-corrected chi connectivity index (χ3v) is 1.98. The number of carboxylic acid groups (broad SMARTS) is 1. The van der Waals surface area contributed by atoms with Gasteiger partial charge in [-0.1, -0.05) is 0 Å². The third-order valence-electron chi connectivity index (χ3n) is 1.98. The van der Waals surface area contributed by atoms with E-state index >= 15 is 0 Å². The quantitative estimate of drug-likeness (QED) is 0.728. The number of hydrogen-bond acceptors (Lipinski definition) is 3. The third kappa shape index (κ3) is 2.57. The summed E-state index contributed by atoms with van der Waals surface area (Å²) in [6.07, 6.45) is -2.66. The van der Waals surface area contributed by atoms with Crippen molar-refractivity contribution in [2.24, 2.45) is 0 Å². The number of carboxylic acids is 1. The van der Waals surface area contributed by atoms with E-state index in [4.69, 9.17) is 9.84 Å². The standard InChI is InChI=1S/C9H14FNO4/c1-8(2,3)15-7(14)11-9(6(12)13)4-5(9)10/h5H,4H2,1-3H3,(H,11,14)(H,12,13)/t5-,9-/m1/s1. The average Bonchev–Trinajstić information content (AvgIpc) is 2.57. The van der Waals surface area contributed by atoms with Crippen molar-refractivity contribution in [2.75, 3.05) is 0 Å². The summed E-state index contributed by atoms with van der Waals surface area (Å²) in [6, 6.07) is 0. The predicted molar refractivity (Wildman–Crippen MR) is 49.2 cm³/mol. The fraction of sp³-hybridized carbons (Fsp3) is 0.778. The van der Waals surface area contributed by atoms with Gasteiger partial charge < -0.3 is 15.2 Å². The van der Waals surface area contributed by atoms with E-state index in [1.807, 2.05) is 5.32 Å². The number of hydrogen-bond donors (Lipinski definition) is 2. The smallest absolute Gasteiger partial charge is 0.408 e. The summed E-state index contributed by atoms with van der Waals surface area (Å²) in [5.41, 5.74) is -2.51. The van der Waals surface area contributed by atoms with Crippen molar-refractivity contribution in [1.29, 1.82) is 0 Å². The Morgan fingerprint density at radius 1 is 1.53 bits per heavy atom. The molecule has 86 valence electrons. The second-order valence-electron chi connectivity index (χ2n) is 4.58. The predicted octanol–water partition coefficient (Wildman–Crippen LogP) is 1.08. The maximum atomic E-state index is 12.8. The molecule has 6 heteroatoms. The van der Waals surface area contributed by atoms with Crippen LogP contribution in [0.1, 0.15) is 27.2 Å². The van der Waals surface area contributed by atoms with Crippen molar-refractivity contribution in [1.82, 2.24) is 5.32 Å². The van der Waals surface area contributed by atoms with Crippen molar-refractivity contribution in [3.05, 3.63) is 0 Å². The molecule has 1 aliphatic carbocycles. The van der Waals surface area contributed by atoms with Crippen LogP contribution < -0.4 is 5.32 Å². The summed E-state index contributed by atoms with van der Waals surface area (Å²) in [4.78, 5) is 21.9. The number of amides is 1. The number of alkyl carbamates (subject to hydrolysis) is 1. The van der Waals surface area contributed by atoms with Gasteiger partial charge in [-0.05, 0) is 20.8 Å². The summed E-state index contributed by atoms with van der Waals surface area (Å²) >= 11 is 0. The highest BCUT2D eigenvalue weighted by atomic mass is 19.1. The maximum absolute atomic E-state index is 12.8. The van der Waals surface area contributed by atoms with Gasteiger partial charge in [-0.3, -0.25) is 0 Å². The zero-order valence-electron chi connectivity index (χ0n) is 8.83. The van der Waals surface area contributed by atoms with Crippen LogP contribution in [0.25, 0.3) is 0 Å². The monoisotopic (exact) mass is 219 g/mol. The van der Waals surface area contributed by atoms with Crippen molar-refractivity contribution >= 4 is 12.1 Å². The van der Waals surface area contributed by atoms with Crippen LogP contribution in [-0.2, 0) is 9.53 Å². The highest BCUT2D eigenvalue weighted by molar-refractivity contribution is 5.88. The zero-order chi connectivity index (χ0) is 11.9. The zero-order valence-corrected chi connectivity index (χ0v) is 8.83. The van der Waals surface area contributed by atoms with E-state index in [2.05, 4.69) is 0 Å². The van der Waals surface area contributed by atoms with Crippen LogP contribution in [0.2, 0.25) is 0 Å². The Morgan fingerprint density at radius 3 is 2.27 bits per heavy atom. The molecular formula is C9H14FNO4. The average molecular weight is 219 g/mol. The summed E-state index contributed by atoms with van der Waals surface area (Å²) in [5, 5.41) is 10.7. The molecule has 0 aromatic rings. The molecule has 0 unspecified atom stereocenters. The second-order valence-corrected chi connectivity index (χ2v) is 4.58. The lowest BCUT2D eigenvalue weighted by atomic mass is 10.2. The molecule has 0 radical (unpaired) electrons. The van der Waals surface area contributed by atoms with Crippen LogP contribution in [0, 0.1) is 0 Å². The highest BCUT2D eigenvalue weighted by Crippen LogP contribution is 2.39. The Kier molecular flexibility index (Phi) is 2.63. The molecule has 1 aliphatic rings. The molecule has 0 spiro atoms. The lowest BCUT2D eigenvalue weighted by molar-refractivity contribution is -0.141.